The number of amides is 2. The van der Waals surface area contributed by atoms with Crippen molar-refractivity contribution in [3.8, 4) is 0 Å². The largest absolute Gasteiger partial charge is 0.338 e. The maximum atomic E-state index is 11.7. The first-order valence-electron chi connectivity index (χ1n) is 5.34. The molecule has 0 radical (unpaired) electrons. The highest BCUT2D eigenvalue weighted by Gasteiger charge is 2.24. The molecular formula is C11H24N2O. The van der Waals surface area contributed by atoms with Gasteiger partial charge in [-0.2, -0.15) is 0 Å². The molecule has 1 N–H and O–H groups in total. The van der Waals surface area contributed by atoms with Crippen molar-refractivity contribution in [2.75, 3.05) is 13.1 Å². The highest BCUT2D eigenvalue weighted by Crippen LogP contribution is 2.12. The van der Waals surface area contributed by atoms with E-state index in [9.17, 15) is 4.79 Å². The van der Waals surface area contributed by atoms with Crippen molar-refractivity contribution < 1.29 is 4.79 Å². The fourth-order valence-electron chi connectivity index (χ4n) is 1.31. The number of carbonyl (C=O) groups is 1. The van der Waals surface area contributed by atoms with Gasteiger partial charge in [0, 0.05) is 18.6 Å². The highest BCUT2D eigenvalue weighted by atomic mass is 16.2. The Morgan fingerprint density at radius 3 is 2.14 bits per heavy atom. The summed E-state index contributed by atoms with van der Waals surface area (Å²) in [6.07, 6.45) is 0. The van der Waals surface area contributed by atoms with Gasteiger partial charge in [-0.1, -0.05) is 13.8 Å². The summed E-state index contributed by atoms with van der Waals surface area (Å²) in [5.41, 5.74) is -0.101. The minimum absolute atomic E-state index is 0.0358. The van der Waals surface area contributed by atoms with Crippen molar-refractivity contribution in [1.82, 2.24) is 10.2 Å². The molecule has 2 amide bonds. The Hall–Kier alpha value is -0.730. The van der Waals surface area contributed by atoms with Crippen LogP contribution in [0, 0.1) is 5.92 Å². The van der Waals surface area contributed by atoms with Crippen LogP contribution in [-0.2, 0) is 0 Å². The Kier molecular flexibility index (Phi) is 4.95. The highest BCUT2D eigenvalue weighted by molar-refractivity contribution is 5.74. The van der Waals surface area contributed by atoms with Crippen LogP contribution in [0.5, 0.6) is 0 Å². The smallest absolute Gasteiger partial charge is 0.317 e. The van der Waals surface area contributed by atoms with Crippen LogP contribution in [0.2, 0.25) is 0 Å². The van der Waals surface area contributed by atoms with E-state index in [0.717, 1.165) is 13.1 Å². The lowest BCUT2D eigenvalue weighted by molar-refractivity contribution is 0.149. The van der Waals surface area contributed by atoms with E-state index in [0.29, 0.717) is 5.92 Å². The fraction of sp³-hybridized carbons (Fsp3) is 0.909. The molecule has 0 aromatic heterocycles. The van der Waals surface area contributed by atoms with Crippen molar-refractivity contribution in [3.05, 3.63) is 0 Å². The van der Waals surface area contributed by atoms with Gasteiger partial charge >= 0.3 is 6.03 Å². The summed E-state index contributed by atoms with van der Waals surface area (Å²) in [4.78, 5) is 13.6. The van der Waals surface area contributed by atoms with Crippen LogP contribution in [0.3, 0.4) is 0 Å². The predicted octanol–water partition coefficient (Wildman–Crippen LogP) is 2.47. The summed E-state index contributed by atoms with van der Waals surface area (Å²) in [6, 6.07) is 0.0358. The average molecular weight is 200 g/mol. The predicted molar refractivity (Wildman–Crippen MR) is 60.4 cm³/mol. The van der Waals surface area contributed by atoms with Gasteiger partial charge in [-0.05, 0) is 33.6 Å². The van der Waals surface area contributed by atoms with E-state index in [1.54, 1.807) is 0 Å². The zero-order valence-electron chi connectivity index (χ0n) is 10.3. The maximum absolute atomic E-state index is 11.7. The van der Waals surface area contributed by atoms with E-state index in [1.807, 2.05) is 32.6 Å². The number of hydrogen-bond acceptors (Lipinski definition) is 1. The summed E-state index contributed by atoms with van der Waals surface area (Å²) in [6.45, 7) is 13.8. The molecule has 0 saturated carbocycles. The number of nitrogens with one attached hydrogen (secondary N) is 1. The zero-order valence-corrected chi connectivity index (χ0v) is 10.3. The normalized spacial score (nSPS) is 11.6. The molecule has 0 aliphatic heterocycles. The Labute approximate surface area is 87.9 Å². The lowest BCUT2D eigenvalue weighted by Crippen LogP contribution is -2.50. The number of urea groups is 1. The molecule has 3 heteroatoms. The van der Waals surface area contributed by atoms with Crippen LogP contribution in [0.15, 0.2) is 0 Å². The summed E-state index contributed by atoms with van der Waals surface area (Å²) >= 11 is 0. The van der Waals surface area contributed by atoms with E-state index < -0.39 is 0 Å². The monoisotopic (exact) mass is 200 g/mol. The van der Waals surface area contributed by atoms with Gasteiger partial charge in [-0.3, -0.25) is 0 Å². The Morgan fingerprint density at radius 1 is 1.36 bits per heavy atom. The first-order valence-corrected chi connectivity index (χ1v) is 5.34. The molecule has 0 aromatic rings. The van der Waals surface area contributed by atoms with Crippen LogP contribution < -0.4 is 5.32 Å². The molecular weight excluding hydrogens is 176 g/mol. The van der Waals surface area contributed by atoms with E-state index in [2.05, 4.69) is 19.2 Å². The molecule has 0 atom stereocenters. The third kappa shape index (κ3) is 4.49. The van der Waals surface area contributed by atoms with Gasteiger partial charge in [-0.15, -0.1) is 0 Å². The number of carbonyl (C=O) groups excluding carboxylic acids is 1. The Bertz CT molecular complexity index is 182. The average Bonchev–Trinajstić information content (AvgIpc) is 1.99. The van der Waals surface area contributed by atoms with Crippen molar-refractivity contribution in [3.63, 3.8) is 0 Å². The van der Waals surface area contributed by atoms with Gasteiger partial charge in [0.1, 0.15) is 0 Å². The molecule has 0 aliphatic carbocycles. The molecule has 3 nitrogen and oxygen atoms in total. The summed E-state index contributed by atoms with van der Waals surface area (Å²) in [7, 11) is 0. The van der Waals surface area contributed by atoms with Crippen LogP contribution in [0.25, 0.3) is 0 Å². The van der Waals surface area contributed by atoms with Crippen molar-refractivity contribution >= 4 is 6.03 Å². The summed E-state index contributed by atoms with van der Waals surface area (Å²) in [5.74, 6) is 0.498. The molecule has 0 aliphatic rings. The molecule has 0 rings (SSSR count). The topological polar surface area (TPSA) is 32.3 Å². The first-order chi connectivity index (χ1) is 6.29. The summed E-state index contributed by atoms with van der Waals surface area (Å²) in [5, 5.41) is 2.93. The third-order valence-corrected chi connectivity index (χ3v) is 2.03. The quantitative estimate of drug-likeness (QED) is 0.745. The molecule has 0 aromatic carbocycles. The van der Waals surface area contributed by atoms with Crippen LogP contribution in [-0.4, -0.2) is 29.6 Å². The minimum atomic E-state index is -0.101. The van der Waals surface area contributed by atoms with Crippen molar-refractivity contribution in [2.45, 2.75) is 47.1 Å². The fourth-order valence-corrected chi connectivity index (χ4v) is 1.31. The van der Waals surface area contributed by atoms with Gasteiger partial charge in [0.15, 0.2) is 0 Å². The maximum Gasteiger partial charge on any atom is 0.317 e. The van der Waals surface area contributed by atoms with Gasteiger partial charge in [-0.25, -0.2) is 4.79 Å². The number of rotatable bonds is 3. The second-order valence-corrected chi connectivity index (χ2v) is 4.99. The van der Waals surface area contributed by atoms with E-state index in [1.165, 1.54) is 0 Å². The molecule has 0 heterocycles. The third-order valence-electron chi connectivity index (χ3n) is 2.03. The first kappa shape index (κ1) is 13.3. The van der Waals surface area contributed by atoms with Gasteiger partial charge < -0.3 is 10.2 Å². The Balaban J connectivity index is 4.20. The van der Waals surface area contributed by atoms with Crippen molar-refractivity contribution in [2.24, 2.45) is 5.92 Å². The minimum Gasteiger partial charge on any atom is -0.338 e. The molecule has 0 bridgehead atoms. The zero-order chi connectivity index (χ0) is 11.4. The van der Waals surface area contributed by atoms with Crippen LogP contribution in [0.1, 0.15) is 41.5 Å². The molecule has 84 valence electrons. The SMILES string of the molecule is CCN(C(=O)NCC(C)C)C(C)(C)C. The van der Waals surface area contributed by atoms with Crippen LogP contribution in [0.4, 0.5) is 4.79 Å². The molecule has 0 unspecified atom stereocenters. The van der Waals surface area contributed by atoms with Gasteiger partial charge in [0.05, 0.1) is 0 Å². The van der Waals surface area contributed by atoms with Gasteiger partial charge in [0.25, 0.3) is 0 Å². The molecule has 14 heavy (non-hydrogen) atoms. The summed E-state index contributed by atoms with van der Waals surface area (Å²) < 4.78 is 0. The van der Waals surface area contributed by atoms with Crippen molar-refractivity contribution in [1.29, 1.82) is 0 Å². The second kappa shape index (κ2) is 5.23. The van der Waals surface area contributed by atoms with E-state index in [-0.39, 0.29) is 11.6 Å². The van der Waals surface area contributed by atoms with E-state index >= 15 is 0 Å². The van der Waals surface area contributed by atoms with Gasteiger partial charge in [0.2, 0.25) is 0 Å². The molecule has 0 saturated heterocycles. The number of nitrogens with zero attached hydrogens (tertiary/aromatic N) is 1. The van der Waals surface area contributed by atoms with Crippen LogP contribution >= 0.6 is 0 Å². The molecule has 0 fully saturated rings. The van der Waals surface area contributed by atoms with E-state index in [4.69, 9.17) is 0 Å². The number of hydrogen-bond donors (Lipinski definition) is 1. The standard InChI is InChI=1S/C11H24N2O/c1-7-13(11(4,5)6)10(14)12-8-9(2)3/h9H,7-8H2,1-6H3,(H,12,14). The molecule has 0 spiro atoms. The second-order valence-electron chi connectivity index (χ2n) is 4.99. The Morgan fingerprint density at radius 2 is 1.86 bits per heavy atom. The lowest BCUT2D eigenvalue weighted by atomic mass is 10.1. The lowest BCUT2D eigenvalue weighted by Gasteiger charge is -2.34.